The number of halogens is 2. The molecule has 0 bridgehead atoms. The van der Waals surface area contributed by atoms with Crippen LogP contribution < -0.4 is 24.8 Å². The third-order valence-corrected chi connectivity index (χ3v) is 9.35. The van der Waals surface area contributed by atoms with E-state index in [2.05, 4.69) is 201 Å². The van der Waals surface area contributed by atoms with E-state index in [1.807, 2.05) is 0 Å². The van der Waals surface area contributed by atoms with E-state index in [1.165, 1.54) is 65.3 Å². The second-order valence-corrected chi connectivity index (χ2v) is 14.1. The SMILES string of the molecule is CC(C)[c-]1ccc2ccccc21.CC(C)[c-]1ccc2ccccc21.CC(C)[c-]1ccc2ccccc21.CC(C)[c-]1ccc2ccccc21.[Cl-].[Cl-].[Zr+2].[Zr+2]. The van der Waals surface area contributed by atoms with Gasteiger partial charge in [0, 0.05) is 0 Å². The van der Waals surface area contributed by atoms with E-state index in [-0.39, 0.29) is 77.2 Å². The maximum atomic E-state index is 2.24. The Bertz CT molecular complexity index is 1850. The van der Waals surface area contributed by atoms with Crippen LogP contribution in [0, 0.1) is 0 Å². The molecule has 0 aliphatic heterocycles. The Kier molecular flexibility index (Phi) is 20.9. The maximum absolute atomic E-state index is 2.24. The molecule has 268 valence electrons. The fraction of sp³-hybridized carbons (Fsp3) is 0.250. The van der Waals surface area contributed by atoms with E-state index < -0.39 is 0 Å². The quantitative estimate of drug-likeness (QED) is 0.155. The molecule has 0 radical (unpaired) electrons. The van der Waals surface area contributed by atoms with Crippen molar-refractivity contribution < 1.29 is 77.2 Å². The predicted octanol–water partition coefficient (Wildman–Crippen LogP) is 8.73. The van der Waals surface area contributed by atoms with E-state index in [0.717, 1.165) is 0 Å². The number of hydrogen-bond acceptors (Lipinski definition) is 0. The average molecular weight is 882 g/mol. The molecule has 0 aliphatic rings. The number of rotatable bonds is 4. The molecule has 0 nitrogen and oxygen atoms in total. The van der Waals surface area contributed by atoms with Crippen LogP contribution in [0.15, 0.2) is 146 Å². The van der Waals surface area contributed by atoms with Crippen molar-refractivity contribution in [3.8, 4) is 0 Å². The van der Waals surface area contributed by atoms with Crippen molar-refractivity contribution in [3.05, 3.63) is 168 Å². The van der Waals surface area contributed by atoms with Crippen molar-refractivity contribution in [3.63, 3.8) is 0 Å². The first-order valence-electron chi connectivity index (χ1n) is 17.7. The van der Waals surface area contributed by atoms with Gasteiger partial charge in [0.15, 0.2) is 0 Å². The minimum Gasteiger partial charge on any atom is -1.00 e. The molecule has 0 saturated carbocycles. The molecule has 8 aromatic carbocycles. The predicted molar refractivity (Wildman–Crippen MR) is 215 cm³/mol. The Morgan fingerprint density at radius 2 is 0.462 bits per heavy atom. The Morgan fingerprint density at radius 3 is 0.635 bits per heavy atom. The van der Waals surface area contributed by atoms with E-state index in [9.17, 15) is 0 Å². The summed E-state index contributed by atoms with van der Waals surface area (Å²) in [6, 6.07) is 52.0. The van der Waals surface area contributed by atoms with Crippen molar-refractivity contribution in [1.82, 2.24) is 0 Å². The van der Waals surface area contributed by atoms with Crippen LogP contribution in [0.2, 0.25) is 0 Å². The Labute approximate surface area is 363 Å². The monoisotopic (exact) mass is 878 g/mol. The molecule has 0 heterocycles. The molecule has 8 rings (SSSR count). The molecule has 0 saturated heterocycles. The summed E-state index contributed by atoms with van der Waals surface area (Å²) in [6.45, 7) is 17.9. The van der Waals surface area contributed by atoms with Crippen LogP contribution in [0.3, 0.4) is 0 Å². The summed E-state index contributed by atoms with van der Waals surface area (Å²) in [6.07, 6.45) is 0. The zero-order valence-corrected chi connectivity index (χ0v) is 38.3. The minimum atomic E-state index is 0. The summed E-state index contributed by atoms with van der Waals surface area (Å²) < 4.78 is 0. The van der Waals surface area contributed by atoms with Gasteiger partial charge in [-0.05, 0) is 0 Å². The van der Waals surface area contributed by atoms with Crippen LogP contribution >= 0.6 is 0 Å². The van der Waals surface area contributed by atoms with Crippen LogP contribution in [0.1, 0.15) is 101 Å². The minimum absolute atomic E-state index is 0. The molecule has 0 aliphatic carbocycles. The van der Waals surface area contributed by atoms with Gasteiger partial charge in [-0.25, -0.2) is 0 Å². The Morgan fingerprint density at radius 1 is 0.288 bits per heavy atom. The zero-order chi connectivity index (χ0) is 34.2. The molecular weight excluding hydrogens is 830 g/mol. The van der Waals surface area contributed by atoms with Crippen molar-refractivity contribution in [2.75, 3.05) is 0 Å². The number of benzene rings is 4. The third-order valence-electron chi connectivity index (χ3n) is 9.35. The summed E-state index contributed by atoms with van der Waals surface area (Å²) in [5.74, 6) is 2.52. The largest absolute Gasteiger partial charge is 2.00 e. The normalized spacial score (nSPS) is 10.4. The average Bonchev–Trinajstić information content (AvgIpc) is 3.89. The second-order valence-electron chi connectivity index (χ2n) is 14.1. The summed E-state index contributed by atoms with van der Waals surface area (Å²) in [4.78, 5) is 0. The van der Waals surface area contributed by atoms with E-state index >= 15 is 0 Å². The van der Waals surface area contributed by atoms with Gasteiger partial charge in [-0.15, -0.1) is 162 Å². The fourth-order valence-electron chi connectivity index (χ4n) is 6.71. The summed E-state index contributed by atoms with van der Waals surface area (Å²) in [7, 11) is 0. The third kappa shape index (κ3) is 11.8. The van der Waals surface area contributed by atoms with E-state index in [1.54, 1.807) is 0 Å². The van der Waals surface area contributed by atoms with Crippen molar-refractivity contribution in [2.24, 2.45) is 0 Å². The first-order chi connectivity index (χ1) is 23.2. The molecule has 0 aromatic heterocycles. The van der Waals surface area contributed by atoms with Crippen LogP contribution in [-0.4, -0.2) is 0 Å². The molecule has 0 fully saturated rings. The molecule has 0 atom stereocenters. The van der Waals surface area contributed by atoms with Gasteiger partial charge in [-0.2, -0.15) is 24.3 Å². The maximum Gasteiger partial charge on any atom is 2.00 e. The van der Waals surface area contributed by atoms with Crippen LogP contribution in [-0.2, 0) is 52.4 Å². The van der Waals surface area contributed by atoms with Crippen LogP contribution in [0.5, 0.6) is 0 Å². The molecule has 0 amide bonds. The van der Waals surface area contributed by atoms with Gasteiger partial charge >= 0.3 is 52.4 Å². The Balaban J connectivity index is 0.000000338. The molecule has 0 unspecified atom stereocenters. The topological polar surface area (TPSA) is 0 Å². The molecule has 52 heavy (non-hydrogen) atoms. The second kappa shape index (κ2) is 22.8. The smallest absolute Gasteiger partial charge is 1.00 e. The molecular formula is C48H52Cl2Zr2-2. The molecule has 0 spiro atoms. The van der Waals surface area contributed by atoms with Gasteiger partial charge in [-0.1, -0.05) is 103 Å². The molecule has 8 aromatic rings. The van der Waals surface area contributed by atoms with E-state index in [4.69, 9.17) is 0 Å². The van der Waals surface area contributed by atoms with Gasteiger partial charge in [0.25, 0.3) is 0 Å². The summed E-state index contributed by atoms with van der Waals surface area (Å²) >= 11 is 0. The van der Waals surface area contributed by atoms with Crippen molar-refractivity contribution in [1.29, 1.82) is 0 Å². The van der Waals surface area contributed by atoms with E-state index in [0.29, 0.717) is 23.7 Å². The summed E-state index contributed by atoms with van der Waals surface area (Å²) in [5.41, 5.74) is 5.85. The number of hydrogen-bond donors (Lipinski definition) is 0. The van der Waals surface area contributed by atoms with Gasteiger partial charge in [0.2, 0.25) is 0 Å². The van der Waals surface area contributed by atoms with Crippen LogP contribution in [0.25, 0.3) is 43.1 Å². The first kappa shape index (κ1) is 47.7. The van der Waals surface area contributed by atoms with Gasteiger partial charge in [0.1, 0.15) is 0 Å². The fourth-order valence-corrected chi connectivity index (χ4v) is 6.71. The van der Waals surface area contributed by atoms with Crippen molar-refractivity contribution >= 4 is 43.1 Å². The standard InChI is InChI=1S/4C12H13.2ClH.2Zr/c4*1-9(2)11-8-7-10-5-3-4-6-12(10)11;;;;/h4*3-9H,1-2H3;2*1H;;/q4*-1;;;2*+2/p-2. The molecule has 0 N–H and O–H groups in total. The Hall–Kier alpha value is -2.33. The van der Waals surface area contributed by atoms with Crippen molar-refractivity contribution in [2.45, 2.75) is 79.1 Å². The van der Waals surface area contributed by atoms with Gasteiger partial charge in [0.05, 0.1) is 0 Å². The van der Waals surface area contributed by atoms with Gasteiger partial charge < -0.3 is 24.8 Å². The number of fused-ring (bicyclic) bond motifs is 4. The van der Waals surface area contributed by atoms with Gasteiger partial charge in [-0.3, -0.25) is 0 Å². The molecule has 4 heteroatoms. The zero-order valence-electron chi connectivity index (χ0n) is 31.9. The van der Waals surface area contributed by atoms with Crippen LogP contribution in [0.4, 0.5) is 0 Å². The summed E-state index contributed by atoms with van der Waals surface area (Å²) in [5, 5.41) is 11.1. The first-order valence-corrected chi connectivity index (χ1v) is 17.7.